The molecule has 1 atom stereocenters. The molecule has 0 aromatic heterocycles. The van der Waals surface area contributed by atoms with Crippen LogP contribution >= 0.6 is 0 Å². The number of ether oxygens (including phenoxy) is 1. The summed E-state index contributed by atoms with van der Waals surface area (Å²) in [4.78, 5) is 11.4. The van der Waals surface area contributed by atoms with Gasteiger partial charge in [-0.1, -0.05) is 0 Å². The highest BCUT2D eigenvalue weighted by Gasteiger charge is 2.14. The molecule has 1 rings (SSSR count). The van der Waals surface area contributed by atoms with E-state index in [0.29, 0.717) is 12.2 Å². The second kappa shape index (κ2) is 4.51. The van der Waals surface area contributed by atoms with Gasteiger partial charge in [-0.15, -0.1) is 0 Å². The second-order valence-corrected chi connectivity index (χ2v) is 2.94. The van der Waals surface area contributed by atoms with Gasteiger partial charge in [0.25, 0.3) is 5.91 Å². The van der Waals surface area contributed by atoms with Gasteiger partial charge in [0.2, 0.25) is 0 Å². The molecule has 0 aromatic carbocycles. The van der Waals surface area contributed by atoms with Gasteiger partial charge in [-0.3, -0.25) is 4.79 Å². The Morgan fingerprint density at radius 3 is 3.15 bits per heavy atom. The quantitative estimate of drug-likeness (QED) is 0.680. The van der Waals surface area contributed by atoms with Crippen molar-refractivity contribution in [2.45, 2.75) is 25.8 Å². The van der Waals surface area contributed by atoms with Gasteiger partial charge in [0, 0.05) is 0 Å². The van der Waals surface area contributed by atoms with E-state index >= 15 is 0 Å². The standard InChI is InChI=1S/C9H12N2O2/c1-7(5-10)11-9(12)8-3-2-4-13-6-8/h6-7H,2-4H2,1H3,(H,11,12)/t7-/m1/s1. The van der Waals surface area contributed by atoms with Crippen LogP contribution in [0.5, 0.6) is 0 Å². The number of nitrogens with one attached hydrogen (secondary N) is 1. The lowest BCUT2D eigenvalue weighted by Crippen LogP contribution is -2.33. The normalized spacial score (nSPS) is 17.7. The first-order valence-electron chi connectivity index (χ1n) is 4.25. The van der Waals surface area contributed by atoms with Crippen molar-refractivity contribution in [2.24, 2.45) is 0 Å². The Bertz CT molecular complexity index is 265. The first-order valence-corrected chi connectivity index (χ1v) is 4.25. The van der Waals surface area contributed by atoms with E-state index < -0.39 is 6.04 Å². The van der Waals surface area contributed by atoms with Crippen LogP contribution in [0.3, 0.4) is 0 Å². The smallest absolute Gasteiger partial charge is 0.251 e. The van der Waals surface area contributed by atoms with Crippen LogP contribution in [0.1, 0.15) is 19.8 Å². The summed E-state index contributed by atoms with van der Waals surface area (Å²) in [6, 6.07) is 1.49. The van der Waals surface area contributed by atoms with E-state index in [1.165, 1.54) is 6.26 Å². The Hall–Kier alpha value is -1.50. The molecule has 4 nitrogen and oxygen atoms in total. The van der Waals surface area contributed by atoms with E-state index in [0.717, 1.165) is 12.8 Å². The fourth-order valence-corrected chi connectivity index (χ4v) is 1.05. The third-order valence-electron chi connectivity index (χ3n) is 1.77. The van der Waals surface area contributed by atoms with Gasteiger partial charge in [-0.25, -0.2) is 0 Å². The molecule has 0 bridgehead atoms. The fraction of sp³-hybridized carbons (Fsp3) is 0.556. The van der Waals surface area contributed by atoms with E-state index in [1.54, 1.807) is 6.92 Å². The molecule has 1 aliphatic rings. The van der Waals surface area contributed by atoms with Crippen molar-refractivity contribution in [1.82, 2.24) is 5.32 Å². The summed E-state index contributed by atoms with van der Waals surface area (Å²) in [5.74, 6) is -0.200. The lowest BCUT2D eigenvalue weighted by Gasteiger charge is -2.13. The Morgan fingerprint density at radius 2 is 2.62 bits per heavy atom. The minimum absolute atomic E-state index is 0.200. The van der Waals surface area contributed by atoms with Gasteiger partial charge in [0.05, 0.1) is 24.5 Å². The third-order valence-corrected chi connectivity index (χ3v) is 1.77. The Kier molecular flexibility index (Phi) is 3.32. The maximum atomic E-state index is 11.4. The number of carbonyl (C=O) groups excluding carboxylic acids is 1. The summed E-state index contributed by atoms with van der Waals surface area (Å²) in [6.07, 6.45) is 3.06. The summed E-state index contributed by atoms with van der Waals surface area (Å²) in [5, 5.41) is 11.0. The number of hydrogen-bond acceptors (Lipinski definition) is 3. The van der Waals surface area contributed by atoms with Gasteiger partial charge in [0.15, 0.2) is 0 Å². The lowest BCUT2D eigenvalue weighted by molar-refractivity contribution is -0.118. The molecule has 0 unspecified atom stereocenters. The van der Waals surface area contributed by atoms with E-state index in [1.807, 2.05) is 6.07 Å². The number of hydrogen-bond donors (Lipinski definition) is 1. The SMILES string of the molecule is C[C@H](C#N)NC(=O)C1=COCCC1. The fourth-order valence-electron chi connectivity index (χ4n) is 1.05. The van der Waals surface area contributed by atoms with Crippen LogP contribution in [0, 0.1) is 11.3 Å². The van der Waals surface area contributed by atoms with Crippen molar-refractivity contribution in [1.29, 1.82) is 5.26 Å². The maximum absolute atomic E-state index is 11.4. The van der Waals surface area contributed by atoms with Crippen LogP contribution in [0.15, 0.2) is 11.8 Å². The molecule has 0 radical (unpaired) electrons. The Labute approximate surface area is 77.2 Å². The van der Waals surface area contributed by atoms with Crippen molar-refractivity contribution in [3.05, 3.63) is 11.8 Å². The Morgan fingerprint density at radius 1 is 1.85 bits per heavy atom. The van der Waals surface area contributed by atoms with Crippen LogP contribution in [0.2, 0.25) is 0 Å². The van der Waals surface area contributed by atoms with Gasteiger partial charge >= 0.3 is 0 Å². The van der Waals surface area contributed by atoms with Crippen molar-refractivity contribution in [3.8, 4) is 6.07 Å². The average Bonchev–Trinajstić information content (AvgIpc) is 2.19. The predicted molar refractivity (Wildman–Crippen MR) is 46.5 cm³/mol. The van der Waals surface area contributed by atoms with Crippen molar-refractivity contribution in [3.63, 3.8) is 0 Å². The van der Waals surface area contributed by atoms with Gasteiger partial charge < -0.3 is 10.1 Å². The number of rotatable bonds is 2. The van der Waals surface area contributed by atoms with Crippen LogP contribution in [0.4, 0.5) is 0 Å². The zero-order valence-electron chi connectivity index (χ0n) is 7.54. The number of nitrogens with zero attached hydrogens (tertiary/aromatic N) is 1. The zero-order chi connectivity index (χ0) is 9.68. The molecule has 0 aromatic rings. The van der Waals surface area contributed by atoms with Crippen LogP contribution in [-0.4, -0.2) is 18.6 Å². The Balaban J connectivity index is 2.48. The summed E-state index contributed by atoms with van der Waals surface area (Å²) >= 11 is 0. The number of carbonyl (C=O) groups is 1. The molecular formula is C9H12N2O2. The molecule has 1 heterocycles. The molecule has 0 saturated heterocycles. The molecule has 0 saturated carbocycles. The van der Waals surface area contributed by atoms with E-state index in [-0.39, 0.29) is 5.91 Å². The molecule has 0 aliphatic carbocycles. The van der Waals surface area contributed by atoms with Crippen molar-refractivity contribution in [2.75, 3.05) is 6.61 Å². The van der Waals surface area contributed by atoms with E-state index in [4.69, 9.17) is 10.00 Å². The van der Waals surface area contributed by atoms with Crippen molar-refractivity contribution >= 4 is 5.91 Å². The van der Waals surface area contributed by atoms with Crippen LogP contribution in [-0.2, 0) is 9.53 Å². The lowest BCUT2D eigenvalue weighted by atomic mass is 10.1. The molecule has 13 heavy (non-hydrogen) atoms. The van der Waals surface area contributed by atoms with Gasteiger partial charge in [-0.2, -0.15) is 5.26 Å². The first kappa shape index (κ1) is 9.59. The summed E-state index contributed by atoms with van der Waals surface area (Å²) in [5.41, 5.74) is 0.619. The third kappa shape index (κ3) is 2.79. The predicted octanol–water partition coefficient (Wildman–Crippen LogP) is 0.709. The first-order chi connectivity index (χ1) is 6.24. The topological polar surface area (TPSA) is 62.1 Å². The van der Waals surface area contributed by atoms with E-state index in [2.05, 4.69) is 5.32 Å². The summed E-state index contributed by atoms with van der Waals surface area (Å²) in [6.45, 7) is 2.31. The average molecular weight is 180 g/mol. The van der Waals surface area contributed by atoms with E-state index in [9.17, 15) is 4.79 Å². The summed E-state index contributed by atoms with van der Waals surface area (Å²) < 4.78 is 5.01. The number of nitriles is 1. The highest BCUT2D eigenvalue weighted by Crippen LogP contribution is 2.11. The molecule has 0 spiro atoms. The molecule has 1 N–H and O–H groups in total. The molecule has 1 amide bonds. The van der Waals surface area contributed by atoms with Gasteiger partial charge in [-0.05, 0) is 19.8 Å². The molecule has 70 valence electrons. The molecule has 1 aliphatic heterocycles. The van der Waals surface area contributed by atoms with Gasteiger partial charge in [0.1, 0.15) is 6.04 Å². The zero-order valence-corrected chi connectivity index (χ0v) is 7.54. The minimum Gasteiger partial charge on any atom is -0.501 e. The minimum atomic E-state index is -0.449. The maximum Gasteiger partial charge on any atom is 0.251 e. The molecular weight excluding hydrogens is 168 g/mol. The number of amides is 1. The largest absolute Gasteiger partial charge is 0.501 e. The highest BCUT2D eigenvalue weighted by atomic mass is 16.5. The summed E-state index contributed by atoms with van der Waals surface area (Å²) in [7, 11) is 0. The molecule has 0 fully saturated rings. The molecule has 4 heteroatoms. The van der Waals surface area contributed by atoms with Crippen molar-refractivity contribution < 1.29 is 9.53 Å². The monoisotopic (exact) mass is 180 g/mol. The van der Waals surface area contributed by atoms with Crippen LogP contribution in [0.25, 0.3) is 0 Å². The highest BCUT2D eigenvalue weighted by molar-refractivity contribution is 5.93. The second-order valence-electron chi connectivity index (χ2n) is 2.94. The van der Waals surface area contributed by atoms with Crippen LogP contribution < -0.4 is 5.32 Å².